The van der Waals surface area contributed by atoms with Crippen LogP contribution < -0.4 is 10.1 Å². The Balaban J connectivity index is 1.68. The Hall–Kier alpha value is -1.71. The van der Waals surface area contributed by atoms with Gasteiger partial charge in [0.2, 0.25) is 5.91 Å². The third kappa shape index (κ3) is 4.52. The fourth-order valence-electron chi connectivity index (χ4n) is 3.31. The summed E-state index contributed by atoms with van der Waals surface area (Å²) in [5.41, 5.74) is 2.87. The van der Waals surface area contributed by atoms with E-state index in [1.807, 2.05) is 45.0 Å². The van der Waals surface area contributed by atoms with E-state index in [4.69, 9.17) is 27.9 Å². The molecule has 1 N–H and O–H groups in total. The Morgan fingerprint density at radius 3 is 2.69 bits per heavy atom. The SMILES string of the molecule is Cc1ccc2c(c1)OC(C)(C)CC2NC(=O)CCc1ccc(Cl)c(Cl)c1. The summed E-state index contributed by atoms with van der Waals surface area (Å²) in [4.78, 5) is 12.5. The number of rotatable bonds is 4. The van der Waals surface area contributed by atoms with Crippen molar-refractivity contribution in [1.29, 1.82) is 0 Å². The molecule has 1 atom stereocenters. The number of nitrogens with one attached hydrogen (secondary N) is 1. The molecule has 1 amide bonds. The number of carbonyl (C=O) groups is 1. The van der Waals surface area contributed by atoms with Gasteiger partial charge in [-0.25, -0.2) is 0 Å². The van der Waals surface area contributed by atoms with Crippen molar-refractivity contribution in [2.45, 2.75) is 51.7 Å². The highest BCUT2D eigenvalue weighted by Crippen LogP contribution is 2.39. The van der Waals surface area contributed by atoms with E-state index in [1.165, 1.54) is 0 Å². The van der Waals surface area contributed by atoms with Gasteiger partial charge in [0.1, 0.15) is 11.4 Å². The largest absolute Gasteiger partial charge is 0.487 e. The first-order valence-corrected chi connectivity index (χ1v) is 9.52. The second-order valence-corrected chi connectivity index (χ2v) is 8.29. The van der Waals surface area contributed by atoms with Gasteiger partial charge in [0.05, 0.1) is 16.1 Å². The molecule has 0 aromatic heterocycles. The van der Waals surface area contributed by atoms with Gasteiger partial charge in [0, 0.05) is 18.4 Å². The van der Waals surface area contributed by atoms with Gasteiger partial charge < -0.3 is 10.1 Å². The van der Waals surface area contributed by atoms with Crippen LogP contribution in [0, 0.1) is 6.92 Å². The number of carbonyl (C=O) groups excluding carboxylic acids is 1. The van der Waals surface area contributed by atoms with E-state index < -0.39 is 0 Å². The lowest BCUT2D eigenvalue weighted by Crippen LogP contribution is -2.41. The van der Waals surface area contributed by atoms with Crippen LogP contribution in [0.3, 0.4) is 0 Å². The lowest BCUT2D eigenvalue weighted by Gasteiger charge is -2.38. The zero-order valence-corrected chi connectivity index (χ0v) is 16.7. The number of hydrogen-bond donors (Lipinski definition) is 1. The molecule has 2 aromatic carbocycles. The molecule has 3 rings (SSSR count). The first kappa shape index (κ1) is 19.1. The topological polar surface area (TPSA) is 38.3 Å². The van der Waals surface area contributed by atoms with Crippen LogP contribution in [0.25, 0.3) is 0 Å². The molecular formula is C21H23Cl2NO2. The smallest absolute Gasteiger partial charge is 0.220 e. The van der Waals surface area contributed by atoms with E-state index in [9.17, 15) is 4.79 Å². The van der Waals surface area contributed by atoms with Crippen molar-refractivity contribution in [1.82, 2.24) is 5.32 Å². The number of halogens is 2. The van der Waals surface area contributed by atoms with Gasteiger partial charge in [0.25, 0.3) is 0 Å². The van der Waals surface area contributed by atoms with Crippen LogP contribution in [0.5, 0.6) is 5.75 Å². The summed E-state index contributed by atoms with van der Waals surface area (Å²) in [6.45, 7) is 6.14. The van der Waals surface area contributed by atoms with E-state index in [0.717, 1.165) is 28.9 Å². The molecule has 5 heteroatoms. The Labute approximate surface area is 164 Å². The van der Waals surface area contributed by atoms with Crippen molar-refractivity contribution in [3.05, 3.63) is 63.1 Å². The first-order valence-electron chi connectivity index (χ1n) is 8.76. The lowest BCUT2D eigenvalue weighted by molar-refractivity contribution is -0.122. The van der Waals surface area contributed by atoms with Gasteiger partial charge in [-0.1, -0.05) is 41.4 Å². The van der Waals surface area contributed by atoms with E-state index in [-0.39, 0.29) is 17.6 Å². The number of amides is 1. The van der Waals surface area contributed by atoms with Gasteiger partial charge in [-0.05, 0) is 56.5 Å². The summed E-state index contributed by atoms with van der Waals surface area (Å²) in [5, 5.41) is 4.21. The second-order valence-electron chi connectivity index (χ2n) is 7.48. The number of fused-ring (bicyclic) bond motifs is 1. The van der Waals surface area contributed by atoms with Gasteiger partial charge in [-0.3, -0.25) is 4.79 Å². The Kier molecular flexibility index (Phi) is 5.50. The highest BCUT2D eigenvalue weighted by molar-refractivity contribution is 6.42. The highest BCUT2D eigenvalue weighted by atomic mass is 35.5. The molecule has 0 aliphatic carbocycles. The molecule has 1 aliphatic heterocycles. The van der Waals surface area contributed by atoms with Gasteiger partial charge in [-0.15, -0.1) is 0 Å². The van der Waals surface area contributed by atoms with Crippen LogP contribution in [0.15, 0.2) is 36.4 Å². The van der Waals surface area contributed by atoms with E-state index in [2.05, 4.69) is 11.4 Å². The van der Waals surface area contributed by atoms with Crippen LogP contribution in [0.1, 0.15) is 49.4 Å². The zero-order chi connectivity index (χ0) is 18.9. The summed E-state index contributed by atoms with van der Waals surface area (Å²) in [6, 6.07) is 11.6. The molecule has 1 unspecified atom stereocenters. The molecule has 1 heterocycles. The minimum absolute atomic E-state index is 0.0188. The lowest BCUT2D eigenvalue weighted by atomic mass is 9.89. The molecule has 3 nitrogen and oxygen atoms in total. The average Bonchev–Trinajstić information content (AvgIpc) is 2.54. The van der Waals surface area contributed by atoms with Crippen LogP contribution in [-0.2, 0) is 11.2 Å². The quantitative estimate of drug-likeness (QED) is 0.730. The fraction of sp³-hybridized carbons (Fsp3) is 0.381. The fourth-order valence-corrected chi connectivity index (χ4v) is 3.63. The van der Waals surface area contributed by atoms with Crippen LogP contribution in [-0.4, -0.2) is 11.5 Å². The maximum Gasteiger partial charge on any atom is 0.220 e. The molecule has 138 valence electrons. The van der Waals surface area contributed by atoms with E-state index >= 15 is 0 Å². The third-order valence-corrected chi connectivity index (χ3v) is 5.33. The van der Waals surface area contributed by atoms with Crippen molar-refractivity contribution in [3.8, 4) is 5.75 Å². The van der Waals surface area contributed by atoms with Crippen molar-refractivity contribution < 1.29 is 9.53 Å². The third-order valence-electron chi connectivity index (χ3n) is 4.59. The molecule has 0 bridgehead atoms. The Bertz CT molecular complexity index is 833. The number of ether oxygens (including phenoxy) is 1. The average molecular weight is 392 g/mol. The summed E-state index contributed by atoms with van der Waals surface area (Å²) >= 11 is 12.0. The summed E-state index contributed by atoms with van der Waals surface area (Å²) in [5.74, 6) is 0.876. The molecular weight excluding hydrogens is 369 g/mol. The minimum atomic E-state index is -0.317. The van der Waals surface area contributed by atoms with Gasteiger partial charge in [-0.2, -0.15) is 0 Å². The standard InChI is InChI=1S/C21H23Cl2NO2/c1-13-4-7-15-18(12-21(2,3)26-19(15)10-13)24-20(25)9-6-14-5-8-16(22)17(23)11-14/h4-5,7-8,10-11,18H,6,9,12H2,1-3H3,(H,24,25). The summed E-state index contributed by atoms with van der Waals surface area (Å²) in [6.07, 6.45) is 1.76. The normalized spacial score (nSPS) is 18.0. The van der Waals surface area contributed by atoms with Gasteiger partial charge >= 0.3 is 0 Å². The molecule has 1 aliphatic rings. The van der Waals surface area contributed by atoms with Crippen molar-refractivity contribution in [3.63, 3.8) is 0 Å². The van der Waals surface area contributed by atoms with Gasteiger partial charge in [0.15, 0.2) is 0 Å². The minimum Gasteiger partial charge on any atom is -0.487 e. The monoisotopic (exact) mass is 391 g/mol. The van der Waals surface area contributed by atoms with Crippen LogP contribution in [0.4, 0.5) is 0 Å². The van der Waals surface area contributed by atoms with E-state index in [0.29, 0.717) is 22.9 Å². The van der Waals surface area contributed by atoms with Crippen LogP contribution >= 0.6 is 23.2 Å². The molecule has 0 saturated carbocycles. The van der Waals surface area contributed by atoms with E-state index in [1.54, 1.807) is 6.07 Å². The predicted molar refractivity (Wildman–Crippen MR) is 106 cm³/mol. The summed E-state index contributed by atoms with van der Waals surface area (Å²) < 4.78 is 6.09. The Morgan fingerprint density at radius 1 is 1.19 bits per heavy atom. The number of benzene rings is 2. The summed E-state index contributed by atoms with van der Waals surface area (Å²) in [7, 11) is 0. The number of aryl methyl sites for hydroxylation is 2. The van der Waals surface area contributed by atoms with Crippen molar-refractivity contribution >= 4 is 29.1 Å². The molecule has 0 saturated heterocycles. The maximum atomic E-state index is 12.5. The van der Waals surface area contributed by atoms with Crippen molar-refractivity contribution in [2.75, 3.05) is 0 Å². The Morgan fingerprint density at radius 2 is 1.96 bits per heavy atom. The maximum absolute atomic E-state index is 12.5. The molecule has 0 fully saturated rings. The molecule has 0 radical (unpaired) electrons. The molecule has 2 aromatic rings. The second kappa shape index (κ2) is 7.50. The first-order chi connectivity index (χ1) is 12.2. The molecule has 0 spiro atoms. The number of hydrogen-bond acceptors (Lipinski definition) is 2. The van der Waals surface area contributed by atoms with Crippen LogP contribution in [0.2, 0.25) is 10.0 Å². The van der Waals surface area contributed by atoms with Crippen molar-refractivity contribution in [2.24, 2.45) is 0 Å². The molecule has 26 heavy (non-hydrogen) atoms. The highest BCUT2D eigenvalue weighted by Gasteiger charge is 2.34. The predicted octanol–water partition coefficient (Wildman–Crippen LogP) is 5.65. The zero-order valence-electron chi connectivity index (χ0n) is 15.2.